The number of aldehydes is 1. The molecule has 0 unspecified atom stereocenters. The molecule has 0 aliphatic carbocycles. The van der Waals surface area contributed by atoms with Gasteiger partial charge in [-0.05, 0) is 71.8 Å². The summed E-state index contributed by atoms with van der Waals surface area (Å²) in [7, 11) is 2.04. The predicted octanol–water partition coefficient (Wildman–Crippen LogP) is 3.59. The quantitative estimate of drug-likeness (QED) is 0.197. The fraction of sp³-hybridized carbons (Fsp3) is 0.450. The lowest BCUT2D eigenvalue weighted by Crippen LogP contribution is -2.34. The molecule has 0 bridgehead atoms. The van der Waals surface area contributed by atoms with Crippen molar-refractivity contribution >= 4 is 33.7 Å². The number of piperidine rings is 1. The zero-order valence-corrected chi connectivity index (χ0v) is 19.1. The first-order chi connectivity index (χ1) is 15.5. The predicted molar refractivity (Wildman–Crippen MR) is 111 cm³/mol. The summed E-state index contributed by atoms with van der Waals surface area (Å²) in [5.74, 6) is -0.302. The zero-order chi connectivity index (χ0) is 24.6. The van der Waals surface area contributed by atoms with Crippen LogP contribution in [0.15, 0.2) is 32.5 Å². The highest BCUT2D eigenvalue weighted by Crippen LogP contribution is 2.21. The molecule has 1 aromatic heterocycles. The summed E-state index contributed by atoms with van der Waals surface area (Å²) in [5, 5.41) is 20.4. The average molecular weight is 537 g/mol. The van der Waals surface area contributed by atoms with E-state index in [9.17, 15) is 27.6 Å². The van der Waals surface area contributed by atoms with Crippen molar-refractivity contribution in [1.82, 2.24) is 15.2 Å². The van der Waals surface area contributed by atoms with Gasteiger partial charge in [0.25, 0.3) is 0 Å². The van der Waals surface area contributed by atoms with Crippen LogP contribution in [-0.4, -0.2) is 64.5 Å². The minimum atomic E-state index is -4.64. The molecule has 0 spiro atoms. The molecule has 0 amide bonds. The van der Waals surface area contributed by atoms with Crippen molar-refractivity contribution in [3.8, 4) is 0 Å². The first-order valence-electron chi connectivity index (χ1n) is 9.75. The molecular weight excluding hydrogens is 516 g/mol. The van der Waals surface area contributed by atoms with Crippen molar-refractivity contribution in [3.63, 3.8) is 0 Å². The summed E-state index contributed by atoms with van der Waals surface area (Å²) >= 11 is 3.13. The van der Waals surface area contributed by atoms with E-state index in [0.717, 1.165) is 25.9 Å². The summed E-state index contributed by atoms with van der Waals surface area (Å²) in [5.41, 5.74) is 1.53. The SMILES string of the molecule is CN1CCC(C(=O)Cc2nonc2C(Cc2ccc(F)c(Br)c2)=NO)CC1.O=CC(F)(F)F. The maximum absolute atomic E-state index is 13.4. The Kier molecular flexibility index (Phi) is 9.65. The maximum atomic E-state index is 13.4. The van der Waals surface area contributed by atoms with E-state index in [0.29, 0.717) is 15.7 Å². The Balaban J connectivity index is 0.000000569. The summed E-state index contributed by atoms with van der Waals surface area (Å²) in [6.45, 7) is 1.78. The van der Waals surface area contributed by atoms with E-state index in [4.69, 9.17) is 9.42 Å². The number of halogens is 5. The Hall–Kier alpha value is -2.67. The molecule has 3 rings (SSSR count). The van der Waals surface area contributed by atoms with Crippen LogP contribution >= 0.6 is 15.9 Å². The summed E-state index contributed by atoms with van der Waals surface area (Å²) in [6, 6.07) is 4.50. The summed E-state index contributed by atoms with van der Waals surface area (Å²) in [6.07, 6.45) is -3.79. The average Bonchev–Trinajstić information content (AvgIpc) is 3.22. The molecule has 1 aliphatic heterocycles. The van der Waals surface area contributed by atoms with E-state index in [1.54, 1.807) is 12.1 Å². The van der Waals surface area contributed by atoms with Crippen molar-refractivity contribution < 1.29 is 37.0 Å². The molecule has 2 heterocycles. The summed E-state index contributed by atoms with van der Waals surface area (Å²) < 4.78 is 49.8. The molecule has 0 radical (unpaired) electrons. The Morgan fingerprint density at radius 3 is 2.48 bits per heavy atom. The minimum absolute atomic E-state index is 0.00619. The lowest BCUT2D eigenvalue weighted by Gasteiger charge is -2.27. The Labute approximate surface area is 194 Å². The fourth-order valence-corrected chi connectivity index (χ4v) is 3.62. The van der Waals surface area contributed by atoms with Crippen LogP contribution in [0.1, 0.15) is 29.8 Å². The number of hydrogen-bond donors (Lipinski definition) is 1. The van der Waals surface area contributed by atoms with Gasteiger partial charge in [-0.2, -0.15) is 13.2 Å². The molecule has 1 N–H and O–H groups in total. The van der Waals surface area contributed by atoms with Crippen molar-refractivity contribution in [2.45, 2.75) is 31.9 Å². The maximum Gasteiger partial charge on any atom is 0.446 e. The fourth-order valence-electron chi connectivity index (χ4n) is 3.19. The molecule has 0 saturated carbocycles. The van der Waals surface area contributed by atoms with Crippen molar-refractivity contribution in [2.75, 3.05) is 20.1 Å². The third kappa shape index (κ3) is 8.31. The van der Waals surface area contributed by atoms with Gasteiger partial charge in [-0.25, -0.2) is 9.02 Å². The number of ketones is 1. The molecular formula is C20H21BrF4N4O4. The number of hydrogen-bond acceptors (Lipinski definition) is 8. The van der Waals surface area contributed by atoms with E-state index in [1.807, 2.05) is 7.05 Å². The van der Waals surface area contributed by atoms with Gasteiger partial charge in [0.05, 0.1) is 10.9 Å². The Morgan fingerprint density at radius 1 is 1.30 bits per heavy atom. The molecule has 180 valence electrons. The second-order valence-electron chi connectivity index (χ2n) is 7.41. The number of alkyl halides is 3. The molecule has 13 heteroatoms. The van der Waals surface area contributed by atoms with Crippen LogP contribution < -0.4 is 0 Å². The molecule has 1 fully saturated rings. The van der Waals surface area contributed by atoms with Crippen molar-refractivity contribution in [3.05, 3.63) is 45.4 Å². The van der Waals surface area contributed by atoms with E-state index >= 15 is 0 Å². The monoisotopic (exact) mass is 536 g/mol. The smallest absolute Gasteiger partial charge is 0.411 e. The second kappa shape index (κ2) is 12.0. The molecule has 1 aliphatic rings. The molecule has 0 atom stereocenters. The Morgan fingerprint density at radius 2 is 1.94 bits per heavy atom. The van der Waals surface area contributed by atoms with Crippen LogP contribution in [0.4, 0.5) is 17.6 Å². The first kappa shape index (κ1) is 26.6. The van der Waals surface area contributed by atoms with Crippen LogP contribution in [0, 0.1) is 11.7 Å². The molecule has 8 nitrogen and oxygen atoms in total. The number of carbonyl (C=O) groups is 2. The number of Topliss-reactive ketones (excluding diaryl/α,β-unsaturated/α-hetero) is 1. The van der Waals surface area contributed by atoms with Gasteiger partial charge in [0.2, 0.25) is 6.29 Å². The van der Waals surface area contributed by atoms with Crippen LogP contribution in [0.5, 0.6) is 0 Å². The topological polar surface area (TPSA) is 109 Å². The molecule has 33 heavy (non-hydrogen) atoms. The third-order valence-electron chi connectivity index (χ3n) is 4.96. The van der Waals surface area contributed by atoms with Crippen LogP contribution in [0.25, 0.3) is 0 Å². The highest BCUT2D eigenvalue weighted by atomic mass is 79.9. The number of carbonyl (C=O) groups excluding carboxylic acids is 2. The van der Waals surface area contributed by atoms with E-state index in [-0.39, 0.29) is 41.8 Å². The highest BCUT2D eigenvalue weighted by molar-refractivity contribution is 9.10. The lowest BCUT2D eigenvalue weighted by atomic mass is 9.90. The Bertz CT molecular complexity index is 989. The van der Waals surface area contributed by atoms with Crippen LogP contribution in [0.3, 0.4) is 0 Å². The minimum Gasteiger partial charge on any atom is -0.411 e. The molecule has 1 aromatic carbocycles. The third-order valence-corrected chi connectivity index (χ3v) is 5.56. The van der Waals surface area contributed by atoms with Gasteiger partial charge in [0, 0.05) is 12.3 Å². The first-order valence-corrected chi connectivity index (χ1v) is 10.5. The van der Waals surface area contributed by atoms with E-state index in [2.05, 4.69) is 36.3 Å². The normalized spacial score (nSPS) is 15.6. The number of oxime groups is 1. The number of rotatable bonds is 6. The second-order valence-corrected chi connectivity index (χ2v) is 8.27. The van der Waals surface area contributed by atoms with Gasteiger partial charge in [-0.3, -0.25) is 9.59 Å². The van der Waals surface area contributed by atoms with Gasteiger partial charge in [0.15, 0.2) is 5.69 Å². The zero-order valence-electron chi connectivity index (χ0n) is 17.5. The molecule has 2 aromatic rings. The van der Waals surface area contributed by atoms with Gasteiger partial charge in [-0.1, -0.05) is 16.4 Å². The van der Waals surface area contributed by atoms with Crippen molar-refractivity contribution in [2.24, 2.45) is 11.1 Å². The lowest BCUT2D eigenvalue weighted by molar-refractivity contribution is -0.156. The standard InChI is InChI=1S/C18H20BrFN4O3.C2HF3O/c1-24-6-4-12(5-7-24)17(25)10-16-18(23-27-22-16)15(21-26)9-11-2-3-14(20)13(19)8-11;3-2(4,5)1-6/h2-3,8,12,26H,4-7,9-10H2,1H3;1H. The highest BCUT2D eigenvalue weighted by Gasteiger charge is 2.27. The number of aromatic nitrogens is 2. The van der Waals surface area contributed by atoms with Crippen LogP contribution in [0.2, 0.25) is 0 Å². The van der Waals surface area contributed by atoms with Gasteiger partial charge in [0.1, 0.15) is 23.0 Å². The van der Waals surface area contributed by atoms with Gasteiger partial charge in [-0.15, -0.1) is 0 Å². The summed E-state index contributed by atoms with van der Waals surface area (Å²) in [4.78, 5) is 23.5. The van der Waals surface area contributed by atoms with E-state index < -0.39 is 12.5 Å². The number of benzene rings is 1. The van der Waals surface area contributed by atoms with Gasteiger partial charge < -0.3 is 10.1 Å². The van der Waals surface area contributed by atoms with Crippen LogP contribution in [-0.2, 0) is 22.4 Å². The number of nitrogens with zero attached hydrogens (tertiary/aromatic N) is 4. The number of likely N-dealkylation sites (tertiary alicyclic amines) is 1. The van der Waals surface area contributed by atoms with Gasteiger partial charge >= 0.3 is 6.18 Å². The molecule has 1 saturated heterocycles. The van der Waals surface area contributed by atoms with Crippen molar-refractivity contribution in [1.29, 1.82) is 0 Å². The largest absolute Gasteiger partial charge is 0.446 e. The van der Waals surface area contributed by atoms with E-state index in [1.165, 1.54) is 6.07 Å².